The number of ether oxygens (including phenoxy) is 2. The molecule has 1 heterocycles. The minimum atomic E-state index is -0.134. The van der Waals surface area contributed by atoms with E-state index in [4.69, 9.17) is 32.7 Å². The predicted octanol–water partition coefficient (Wildman–Crippen LogP) is 2.55. The molecule has 116 valence electrons. The van der Waals surface area contributed by atoms with Gasteiger partial charge in [0, 0.05) is 30.2 Å². The van der Waals surface area contributed by atoms with Crippen LogP contribution < -0.4 is 5.32 Å². The number of nitrogens with one attached hydrogen (secondary N) is 1. The molecular weight excluding hydrogens is 315 g/mol. The molecule has 1 saturated heterocycles. The van der Waals surface area contributed by atoms with Gasteiger partial charge in [-0.05, 0) is 17.7 Å². The van der Waals surface area contributed by atoms with Crippen LogP contribution in [0.3, 0.4) is 0 Å². The fourth-order valence-corrected chi connectivity index (χ4v) is 2.61. The van der Waals surface area contributed by atoms with Gasteiger partial charge in [-0.25, -0.2) is 4.79 Å². The van der Waals surface area contributed by atoms with E-state index in [0.717, 1.165) is 5.56 Å². The molecule has 21 heavy (non-hydrogen) atoms. The van der Waals surface area contributed by atoms with Crippen molar-refractivity contribution in [2.75, 3.05) is 33.4 Å². The van der Waals surface area contributed by atoms with Crippen LogP contribution in [0.4, 0.5) is 4.79 Å². The molecule has 7 heteroatoms. The molecule has 5 nitrogen and oxygen atoms in total. The number of amides is 2. The zero-order valence-corrected chi connectivity index (χ0v) is 13.3. The summed E-state index contributed by atoms with van der Waals surface area (Å²) in [5.74, 6) is 0. The van der Waals surface area contributed by atoms with Gasteiger partial charge in [0.25, 0.3) is 0 Å². The Morgan fingerprint density at radius 1 is 1.52 bits per heavy atom. The lowest BCUT2D eigenvalue weighted by Gasteiger charge is -2.32. The molecule has 0 aliphatic carbocycles. The lowest BCUT2D eigenvalue weighted by Crippen LogP contribution is -2.50. The van der Waals surface area contributed by atoms with Gasteiger partial charge in [-0.15, -0.1) is 0 Å². The molecule has 1 aromatic carbocycles. The van der Waals surface area contributed by atoms with Crippen LogP contribution in [0.25, 0.3) is 0 Å². The largest absolute Gasteiger partial charge is 0.382 e. The maximum atomic E-state index is 12.1. The highest BCUT2D eigenvalue weighted by atomic mass is 35.5. The summed E-state index contributed by atoms with van der Waals surface area (Å²) < 4.78 is 10.6. The molecule has 1 aliphatic rings. The van der Waals surface area contributed by atoms with E-state index in [-0.39, 0.29) is 12.1 Å². The van der Waals surface area contributed by atoms with Crippen LogP contribution >= 0.6 is 23.2 Å². The van der Waals surface area contributed by atoms with Crippen molar-refractivity contribution in [1.29, 1.82) is 0 Å². The van der Waals surface area contributed by atoms with Crippen LogP contribution in [0.15, 0.2) is 18.2 Å². The number of rotatable bonds is 4. The Kier molecular flexibility index (Phi) is 6.11. The van der Waals surface area contributed by atoms with Gasteiger partial charge in [0.2, 0.25) is 0 Å². The maximum Gasteiger partial charge on any atom is 0.317 e. The highest BCUT2D eigenvalue weighted by Crippen LogP contribution is 2.20. The fraction of sp³-hybridized carbons (Fsp3) is 0.500. The van der Waals surface area contributed by atoms with Crippen molar-refractivity contribution in [3.8, 4) is 0 Å². The lowest BCUT2D eigenvalue weighted by atomic mass is 10.2. The van der Waals surface area contributed by atoms with E-state index in [2.05, 4.69) is 5.32 Å². The van der Waals surface area contributed by atoms with Crippen LogP contribution in [0.5, 0.6) is 0 Å². The first-order valence-electron chi connectivity index (χ1n) is 6.67. The van der Waals surface area contributed by atoms with E-state index < -0.39 is 0 Å². The van der Waals surface area contributed by atoms with E-state index >= 15 is 0 Å². The SMILES string of the molecule is COC[C@H]1CN(C(=O)NCc2ccc(Cl)cc2Cl)CCO1. The zero-order valence-electron chi connectivity index (χ0n) is 11.8. The lowest BCUT2D eigenvalue weighted by molar-refractivity contribution is -0.0494. The Labute approximate surface area is 134 Å². The first-order valence-corrected chi connectivity index (χ1v) is 7.43. The molecule has 0 spiro atoms. The van der Waals surface area contributed by atoms with Gasteiger partial charge in [0.1, 0.15) is 0 Å². The van der Waals surface area contributed by atoms with Gasteiger partial charge in [-0.1, -0.05) is 29.3 Å². The molecule has 1 aliphatic heterocycles. The Balaban J connectivity index is 1.86. The smallest absolute Gasteiger partial charge is 0.317 e. The number of hydrogen-bond acceptors (Lipinski definition) is 3. The summed E-state index contributed by atoms with van der Waals surface area (Å²) in [6, 6.07) is 5.08. The van der Waals surface area contributed by atoms with Crippen molar-refractivity contribution in [2.45, 2.75) is 12.6 Å². The van der Waals surface area contributed by atoms with Crippen LogP contribution in [-0.2, 0) is 16.0 Å². The van der Waals surface area contributed by atoms with E-state index in [0.29, 0.717) is 42.9 Å². The summed E-state index contributed by atoms with van der Waals surface area (Å²) in [7, 11) is 1.62. The van der Waals surface area contributed by atoms with E-state index in [1.54, 1.807) is 30.2 Å². The molecule has 1 aromatic rings. The minimum absolute atomic E-state index is 0.0754. The molecule has 0 aromatic heterocycles. The third-order valence-corrected chi connectivity index (χ3v) is 3.81. The normalized spacial score (nSPS) is 18.6. The van der Waals surface area contributed by atoms with Gasteiger partial charge >= 0.3 is 6.03 Å². The second-order valence-electron chi connectivity index (χ2n) is 4.79. The van der Waals surface area contributed by atoms with Crippen molar-refractivity contribution in [2.24, 2.45) is 0 Å². The Morgan fingerprint density at radius 2 is 2.33 bits per heavy atom. The standard InChI is InChI=1S/C14H18Cl2N2O3/c1-20-9-12-8-18(4-5-21-12)14(19)17-7-10-2-3-11(15)6-13(10)16/h2-3,6,12H,4-5,7-9H2,1H3,(H,17,19)/t12-/m1/s1. The summed E-state index contributed by atoms with van der Waals surface area (Å²) >= 11 is 11.9. The summed E-state index contributed by atoms with van der Waals surface area (Å²) in [5.41, 5.74) is 0.830. The molecule has 1 atom stereocenters. The second-order valence-corrected chi connectivity index (χ2v) is 5.63. The second kappa shape index (κ2) is 7.84. The average Bonchev–Trinajstić information content (AvgIpc) is 2.47. The molecule has 0 radical (unpaired) electrons. The third-order valence-electron chi connectivity index (χ3n) is 3.22. The number of benzene rings is 1. The Hall–Kier alpha value is -1.01. The zero-order chi connectivity index (χ0) is 15.2. The quantitative estimate of drug-likeness (QED) is 0.921. The molecule has 0 bridgehead atoms. The number of carbonyl (C=O) groups excluding carboxylic acids is 1. The maximum absolute atomic E-state index is 12.1. The number of hydrogen-bond donors (Lipinski definition) is 1. The summed E-state index contributed by atoms with van der Waals surface area (Å²) in [5, 5.41) is 3.97. The molecule has 2 amide bonds. The summed E-state index contributed by atoms with van der Waals surface area (Å²) in [6.45, 7) is 2.45. The number of halogens is 2. The van der Waals surface area contributed by atoms with Crippen molar-refractivity contribution in [3.63, 3.8) is 0 Å². The van der Waals surface area contributed by atoms with Gasteiger partial charge in [-0.3, -0.25) is 0 Å². The van der Waals surface area contributed by atoms with E-state index in [9.17, 15) is 4.79 Å². The molecule has 0 unspecified atom stereocenters. The third kappa shape index (κ3) is 4.74. The fourth-order valence-electron chi connectivity index (χ4n) is 2.14. The molecule has 0 saturated carbocycles. The van der Waals surface area contributed by atoms with Crippen LogP contribution in [0.2, 0.25) is 10.0 Å². The first kappa shape index (κ1) is 16.4. The summed E-state index contributed by atoms with van der Waals surface area (Å²) in [6.07, 6.45) is -0.0754. The van der Waals surface area contributed by atoms with E-state index in [1.807, 2.05) is 0 Å². The van der Waals surface area contributed by atoms with E-state index in [1.165, 1.54) is 0 Å². The number of carbonyl (C=O) groups is 1. The van der Waals surface area contributed by atoms with Crippen LogP contribution in [0, 0.1) is 0 Å². The molecule has 2 rings (SSSR count). The summed E-state index contributed by atoms with van der Waals surface area (Å²) in [4.78, 5) is 13.9. The first-order chi connectivity index (χ1) is 10.1. The monoisotopic (exact) mass is 332 g/mol. The molecule has 1 N–H and O–H groups in total. The Morgan fingerprint density at radius 3 is 3.05 bits per heavy atom. The number of nitrogens with zero attached hydrogens (tertiary/aromatic N) is 1. The van der Waals surface area contributed by atoms with Crippen molar-refractivity contribution >= 4 is 29.2 Å². The highest BCUT2D eigenvalue weighted by molar-refractivity contribution is 6.35. The predicted molar refractivity (Wildman–Crippen MR) is 81.9 cm³/mol. The van der Waals surface area contributed by atoms with Gasteiger partial charge in [0.15, 0.2) is 0 Å². The topological polar surface area (TPSA) is 50.8 Å². The van der Waals surface area contributed by atoms with Gasteiger partial charge in [0.05, 0.1) is 25.9 Å². The van der Waals surface area contributed by atoms with Gasteiger partial charge < -0.3 is 19.7 Å². The minimum Gasteiger partial charge on any atom is -0.382 e. The van der Waals surface area contributed by atoms with Crippen molar-refractivity contribution < 1.29 is 14.3 Å². The molecule has 1 fully saturated rings. The Bertz CT molecular complexity index is 497. The average molecular weight is 333 g/mol. The number of urea groups is 1. The van der Waals surface area contributed by atoms with Crippen LogP contribution in [-0.4, -0.2) is 50.4 Å². The van der Waals surface area contributed by atoms with Crippen LogP contribution in [0.1, 0.15) is 5.56 Å². The van der Waals surface area contributed by atoms with Crippen molar-refractivity contribution in [1.82, 2.24) is 10.2 Å². The number of morpholine rings is 1. The number of methoxy groups -OCH3 is 1. The molecular formula is C14H18Cl2N2O3. The van der Waals surface area contributed by atoms with Gasteiger partial charge in [-0.2, -0.15) is 0 Å². The van der Waals surface area contributed by atoms with Crippen molar-refractivity contribution in [3.05, 3.63) is 33.8 Å². The highest BCUT2D eigenvalue weighted by Gasteiger charge is 2.23.